The summed E-state index contributed by atoms with van der Waals surface area (Å²) in [6, 6.07) is 10.4. The van der Waals surface area contributed by atoms with Crippen molar-refractivity contribution in [1.82, 2.24) is 10.3 Å². The summed E-state index contributed by atoms with van der Waals surface area (Å²) < 4.78 is 0. The fourth-order valence-corrected chi connectivity index (χ4v) is 2.96. The Morgan fingerprint density at radius 3 is 2.56 bits per heavy atom. The maximum absolute atomic E-state index is 4.80. The minimum Gasteiger partial charge on any atom is -0.319 e. The van der Waals surface area contributed by atoms with Crippen LogP contribution in [0, 0.1) is 5.92 Å². The van der Waals surface area contributed by atoms with Gasteiger partial charge >= 0.3 is 0 Å². The molecule has 1 atom stereocenters. The summed E-state index contributed by atoms with van der Waals surface area (Å²) >= 11 is 1.74. The van der Waals surface area contributed by atoms with Crippen LogP contribution in [0.2, 0.25) is 0 Å². The molecule has 0 saturated heterocycles. The second-order valence-corrected chi connectivity index (χ2v) is 5.71. The number of nitrogens with one attached hydrogen (secondary N) is 1. The molecular formula is C15H20N2S. The Hall–Kier alpha value is -1.19. The van der Waals surface area contributed by atoms with E-state index in [0.717, 1.165) is 11.6 Å². The van der Waals surface area contributed by atoms with E-state index in [-0.39, 0.29) is 0 Å². The van der Waals surface area contributed by atoms with E-state index in [9.17, 15) is 0 Å². The van der Waals surface area contributed by atoms with Crippen LogP contribution in [-0.2, 0) is 0 Å². The van der Waals surface area contributed by atoms with Gasteiger partial charge in [-0.1, -0.05) is 44.2 Å². The van der Waals surface area contributed by atoms with E-state index in [4.69, 9.17) is 4.98 Å². The van der Waals surface area contributed by atoms with Crippen molar-refractivity contribution in [2.24, 2.45) is 5.92 Å². The van der Waals surface area contributed by atoms with Crippen LogP contribution < -0.4 is 5.32 Å². The van der Waals surface area contributed by atoms with Crippen LogP contribution in [0.25, 0.3) is 10.6 Å². The molecule has 0 aliphatic rings. The molecule has 0 amide bonds. The number of thiazole rings is 1. The molecule has 0 saturated carbocycles. The molecule has 18 heavy (non-hydrogen) atoms. The van der Waals surface area contributed by atoms with Crippen LogP contribution in [0.15, 0.2) is 35.7 Å². The number of hydrogen-bond acceptors (Lipinski definition) is 3. The third-order valence-corrected chi connectivity index (χ3v) is 4.06. The molecule has 2 aromatic rings. The zero-order chi connectivity index (χ0) is 13.0. The highest BCUT2D eigenvalue weighted by molar-refractivity contribution is 7.13. The third-order valence-electron chi connectivity index (χ3n) is 3.15. The molecule has 0 fully saturated rings. The molecule has 0 bridgehead atoms. The number of nitrogens with zero attached hydrogens (tertiary/aromatic N) is 1. The van der Waals surface area contributed by atoms with Crippen LogP contribution in [0.3, 0.4) is 0 Å². The predicted octanol–water partition coefficient (Wildman–Crippen LogP) is 3.77. The highest BCUT2D eigenvalue weighted by Crippen LogP contribution is 2.29. The van der Waals surface area contributed by atoms with E-state index in [1.807, 2.05) is 13.1 Å². The first kappa shape index (κ1) is 13.2. The van der Waals surface area contributed by atoms with Gasteiger partial charge in [0, 0.05) is 23.4 Å². The number of likely N-dealkylation sites (N-methyl/N-ethyl adjacent to an activating group) is 1. The molecule has 0 radical (unpaired) electrons. The number of hydrogen-bond donors (Lipinski definition) is 1. The molecule has 2 nitrogen and oxygen atoms in total. The first-order valence-electron chi connectivity index (χ1n) is 6.37. The second-order valence-electron chi connectivity index (χ2n) is 4.85. The van der Waals surface area contributed by atoms with Crippen molar-refractivity contribution in [3.8, 4) is 10.6 Å². The van der Waals surface area contributed by atoms with Gasteiger partial charge in [0.1, 0.15) is 5.01 Å². The van der Waals surface area contributed by atoms with Gasteiger partial charge in [-0.05, 0) is 13.0 Å². The summed E-state index contributed by atoms with van der Waals surface area (Å²) in [4.78, 5) is 4.80. The van der Waals surface area contributed by atoms with E-state index in [0.29, 0.717) is 11.8 Å². The zero-order valence-electron chi connectivity index (χ0n) is 11.2. The Balaban J connectivity index is 2.24. The van der Waals surface area contributed by atoms with Gasteiger partial charge in [0.2, 0.25) is 0 Å². The molecule has 1 aromatic carbocycles. The molecule has 1 heterocycles. The molecule has 1 unspecified atom stereocenters. The normalized spacial score (nSPS) is 12.9. The molecule has 2 rings (SSSR count). The van der Waals surface area contributed by atoms with Crippen molar-refractivity contribution in [3.63, 3.8) is 0 Å². The van der Waals surface area contributed by atoms with Crippen molar-refractivity contribution in [3.05, 3.63) is 41.4 Å². The van der Waals surface area contributed by atoms with Gasteiger partial charge in [-0.3, -0.25) is 0 Å². The van der Waals surface area contributed by atoms with E-state index in [2.05, 4.69) is 48.8 Å². The van der Waals surface area contributed by atoms with Crippen LogP contribution in [0.5, 0.6) is 0 Å². The molecule has 1 aromatic heterocycles. The minimum absolute atomic E-state index is 0.490. The van der Waals surface area contributed by atoms with Crippen LogP contribution in [0.1, 0.15) is 25.5 Å². The first-order chi connectivity index (χ1) is 8.72. The highest BCUT2D eigenvalue weighted by Gasteiger charge is 2.18. The predicted molar refractivity (Wildman–Crippen MR) is 79.1 cm³/mol. The quantitative estimate of drug-likeness (QED) is 0.885. The van der Waals surface area contributed by atoms with Crippen molar-refractivity contribution < 1.29 is 0 Å². The molecule has 0 aliphatic heterocycles. The summed E-state index contributed by atoms with van der Waals surface area (Å²) in [7, 11) is 2.00. The molecule has 0 spiro atoms. The molecule has 96 valence electrons. The second kappa shape index (κ2) is 6.12. The van der Waals surface area contributed by atoms with Gasteiger partial charge < -0.3 is 5.32 Å². The molecule has 1 N–H and O–H groups in total. The lowest BCUT2D eigenvalue weighted by Gasteiger charge is -2.18. The first-order valence-corrected chi connectivity index (χ1v) is 7.25. The van der Waals surface area contributed by atoms with Crippen LogP contribution >= 0.6 is 11.3 Å². The van der Waals surface area contributed by atoms with E-state index in [1.165, 1.54) is 11.3 Å². The summed E-state index contributed by atoms with van der Waals surface area (Å²) in [5, 5.41) is 6.58. The van der Waals surface area contributed by atoms with Crippen LogP contribution in [-0.4, -0.2) is 18.6 Å². The van der Waals surface area contributed by atoms with Gasteiger partial charge in [0.25, 0.3) is 0 Å². The highest BCUT2D eigenvalue weighted by atomic mass is 32.1. The SMILES string of the molecule is CNCC(c1csc(-c2ccccc2)n1)C(C)C. The maximum atomic E-state index is 4.80. The average molecular weight is 260 g/mol. The Morgan fingerprint density at radius 2 is 1.94 bits per heavy atom. The fourth-order valence-electron chi connectivity index (χ4n) is 2.07. The number of rotatable bonds is 5. The Kier molecular flexibility index (Phi) is 4.50. The lowest BCUT2D eigenvalue weighted by atomic mass is 9.93. The van der Waals surface area contributed by atoms with Crippen molar-refractivity contribution in [2.45, 2.75) is 19.8 Å². The summed E-state index contributed by atoms with van der Waals surface area (Å²) in [5.74, 6) is 1.09. The Morgan fingerprint density at radius 1 is 1.22 bits per heavy atom. The monoisotopic (exact) mass is 260 g/mol. The fraction of sp³-hybridized carbons (Fsp3) is 0.400. The standard InChI is InChI=1S/C15H20N2S/c1-11(2)13(9-16-3)14-10-18-15(17-14)12-7-5-4-6-8-12/h4-8,10-11,13,16H,9H2,1-3H3. The lowest BCUT2D eigenvalue weighted by molar-refractivity contribution is 0.471. The largest absolute Gasteiger partial charge is 0.319 e. The third kappa shape index (κ3) is 2.98. The number of aromatic nitrogens is 1. The average Bonchev–Trinajstić information content (AvgIpc) is 2.86. The van der Waals surface area contributed by atoms with Gasteiger partial charge in [-0.15, -0.1) is 11.3 Å². The van der Waals surface area contributed by atoms with E-state index >= 15 is 0 Å². The molecule has 0 aliphatic carbocycles. The van der Waals surface area contributed by atoms with Gasteiger partial charge in [-0.25, -0.2) is 4.98 Å². The van der Waals surface area contributed by atoms with Crippen molar-refractivity contribution in [1.29, 1.82) is 0 Å². The topological polar surface area (TPSA) is 24.9 Å². The van der Waals surface area contributed by atoms with Crippen molar-refractivity contribution >= 4 is 11.3 Å². The summed E-state index contributed by atoms with van der Waals surface area (Å²) in [6.07, 6.45) is 0. The van der Waals surface area contributed by atoms with Gasteiger partial charge in [0.05, 0.1) is 5.69 Å². The summed E-state index contributed by atoms with van der Waals surface area (Å²) in [6.45, 7) is 5.49. The molecular weight excluding hydrogens is 240 g/mol. The van der Waals surface area contributed by atoms with E-state index in [1.54, 1.807) is 11.3 Å². The van der Waals surface area contributed by atoms with Gasteiger partial charge in [0.15, 0.2) is 0 Å². The molecule has 3 heteroatoms. The minimum atomic E-state index is 0.490. The van der Waals surface area contributed by atoms with Crippen molar-refractivity contribution in [2.75, 3.05) is 13.6 Å². The van der Waals surface area contributed by atoms with Gasteiger partial charge in [-0.2, -0.15) is 0 Å². The summed E-state index contributed by atoms with van der Waals surface area (Å²) in [5.41, 5.74) is 2.42. The Bertz CT molecular complexity index is 476. The lowest BCUT2D eigenvalue weighted by Crippen LogP contribution is -2.21. The smallest absolute Gasteiger partial charge is 0.123 e. The Labute approximate surface area is 113 Å². The number of benzene rings is 1. The zero-order valence-corrected chi connectivity index (χ0v) is 12.0. The maximum Gasteiger partial charge on any atom is 0.123 e. The van der Waals surface area contributed by atoms with E-state index < -0.39 is 0 Å². The van der Waals surface area contributed by atoms with Crippen LogP contribution in [0.4, 0.5) is 0 Å².